The number of thiol groups is 1. The smallest absolute Gasteiger partial charge is 0.328 e. The summed E-state index contributed by atoms with van der Waals surface area (Å²) in [5.74, 6) is -2.61. The molecule has 0 bridgehead atoms. The van der Waals surface area contributed by atoms with Crippen LogP contribution < -0.4 is 16.0 Å². The van der Waals surface area contributed by atoms with Crippen molar-refractivity contribution < 1.29 is 33.4 Å². The van der Waals surface area contributed by atoms with E-state index in [1.165, 1.54) is 7.11 Å². The largest absolute Gasteiger partial charge is 0.467 e. The van der Waals surface area contributed by atoms with Gasteiger partial charge in [-0.1, -0.05) is 19.8 Å². The Morgan fingerprint density at radius 1 is 0.933 bits per heavy atom. The Kier molecular flexibility index (Phi) is 15.2. The van der Waals surface area contributed by atoms with E-state index in [1.54, 1.807) is 6.92 Å². The van der Waals surface area contributed by atoms with Crippen LogP contribution in [0.15, 0.2) is 0 Å². The highest BCUT2D eigenvalue weighted by molar-refractivity contribution is 7.80. The lowest BCUT2D eigenvalue weighted by atomic mass is 10.1. The molecule has 0 aliphatic heterocycles. The zero-order valence-electron chi connectivity index (χ0n) is 17.8. The number of carbonyl (C=O) groups is 5. The summed E-state index contributed by atoms with van der Waals surface area (Å²) < 4.78 is 9.39. The zero-order chi connectivity index (χ0) is 22.9. The Labute approximate surface area is 182 Å². The van der Waals surface area contributed by atoms with Gasteiger partial charge in [0.1, 0.15) is 18.6 Å². The summed E-state index contributed by atoms with van der Waals surface area (Å²) in [6.07, 6.45) is 2.76. The van der Waals surface area contributed by atoms with E-state index >= 15 is 0 Å². The molecule has 11 heteroatoms. The van der Waals surface area contributed by atoms with E-state index in [2.05, 4.69) is 33.3 Å². The fraction of sp³-hybridized carbons (Fsp3) is 0.737. The summed E-state index contributed by atoms with van der Waals surface area (Å²) in [4.78, 5) is 59.4. The van der Waals surface area contributed by atoms with E-state index in [0.29, 0.717) is 6.42 Å². The highest BCUT2D eigenvalue weighted by atomic mass is 32.1. The maximum atomic E-state index is 12.2. The molecule has 10 nitrogen and oxygen atoms in total. The summed E-state index contributed by atoms with van der Waals surface area (Å²) in [5.41, 5.74) is 0. The van der Waals surface area contributed by atoms with Gasteiger partial charge in [0.15, 0.2) is 0 Å². The van der Waals surface area contributed by atoms with Crippen molar-refractivity contribution in [1.29, 1.82) is 0 Å². The van der Waals surface area contributed by atoms with Crippen LogP contribution in [0.2, 0.25) is 0 Å². The lowest BCUT2D eigenvalue weighted by molar-refractivity contribution is -0.145. The van der Waals surface area contributed by atoms with Gasteiger partial charge in [-0.2, -0.15) is 12.6 Å². The van der Waals surface area contributed by atoms with E-state index in [-0.39, 0.29) is 44.1 Å². The number of methoxy groups -OCH3 is 1. The first-order chi connectivity index (χ1) is 14.3. The molecule has 0 heterocycles. The van der Waals surface area contributed by atoms with Crippen LogP contribution in [0, 0.1) is 0 Å². The number of amides is 3. The van der Waals surface area contributed by atoms with E-state index in [9.17, 15) is 24.0 Å². The summed E-state index contributed by atoms with van der Waals surface area (Å²) in [6.45, 7) is 3.54. The van der Waals surface area contributed by atoms with Crippen LogP contribution in [0.5, 0.6) is 0 Å². The number of nitrogens with one attached hydrogen (secondary N) is 3. The minimum atomic E-state index is -0.963. The first-order valence-corrected chi connectivity index (χ1v) is 10.6. The quantitative estimate of drug-likeness (QED) is 0.159. The van der Waals surface area contributed by atoms with E-state index in [0.717, 1.165) is 12.8 Å². The standard InChI is InChI=1S/C19H33N3O7S/c1-4-6-7-8-15(23)21-13(19(27)28-3)9-10-16(24)22-14(12-30)18(26)20-11-17(25)29-5-2/h13-14,30H,4-12H2,1-3H3,(H,20,26)(H,21,23)(H,22,24)/t13-,14-/m0/s1. The molecule has 0 unspecified atom stereocenters. The Hall–Kier alpha value is -2.30. The molecule has 0 spiro atoms. The van der Waals surface area contributed by atoms with Crippen molar-refractivity contribution in [3.05, 3.63) is 0 Å². The Balaban J connectivity index is 4.59. The number of hydrogen-bond donors (Lipinski definition) is 4. The third-order valence-corrected chi connectivity index (χ3v) is 4.40. The molecule has 2 atom stereocenters. The van der Waals surface area contributed by atoms with Gasteiger partial charge >= 0.3 is 11.9 Å². The predicted octanol–water partition coefficient (Wildman–Crippen LogP) is 0.0986. The second kappa shape index (κ2) is 16.5. The van der Waals surface area contributed by atoms with Gasteiger partial charge in [0.2, 0.25) is 17.7 Å². The van der Waals surface area contributed by atoms with E-state index in [1.807, 2.05) is 6.92 Å². The molecule has 0 fully saturated rings. The van der Waals surface area contributed by atoms with Gasteiger partial charge in [-0.15, -0.1) is 0 Å². The van der Waals surface area contributed by atoms with Gasteiger partial charge < -0.3 is 25.4 Å². The SMILES string of the molecule is CCCCCC(=O)N[C@@H](CCC(=O)N[C@@H](CS)C(=O)NCC(=O)OCC)C(=O)OC. The van der Waals surface area contributed by atoms with Crippen molar-refractivity contribution in [3.63, 3.8) is 0 Å². The molecule has 30 heavy (non-hydrogen) atoms. The van der Waals surface area contributed by atoms with Gasteiger partial charge in [0.25, 0.3) is 0 Å². The Morgan fingerprint density at radius 3 is 2.13 bits per heavy atom. The van der Waals surface area contributed by atoms with Crippen molar-refractivity contribution in [2.45, 2.75) is 64.5 Å². The fourth-order valence-electron chi connectivity index (χ4n) is 2.42. The maximum absolute atomic E-state index is 12.2. The second-order valence-electron chi connectivity index (χ2n) is 6.46. The molecule has 0 saturated carbocycles. The van der Waals surface area contributed by atoms with Crippen molar-refractivity contribution in [2.75, 3.05) is 26.0 Å². The molecule has 3 amide bonds. The predicted molar refractivity (Wildman–Crippen MR) is 113 cm³/mol. The number of rotatable bonds is 15. The third kappa shape index (κ3) is 12.3. The van der Waals surface area contributed by atoms with E-state index < -0.39 is 35.8 Å². The average molecular weight is 448 g/mol. The molecule has 0 aromatic carbocycles. The first-order valence-electron chi connectivity index (χ1n) is 9.99. The van der Waals surface area contributed by atoms with Crippen molar-refractivity contribution in [1.82, 2.24) is 16.0 Å². The summed E-state index contributed by atoms with van der Waals surface area (Å²) in [7, 11) is 1.20. The lowest BCUT2D eigenvalue weighted by Crippen LogP contribution is -2.49. The van der Waals surface area contributed by atoms with Crippen molar-refractivity contribution in [2.24, 2.45) is 0 Å². The molecule has 0 aromatic rings. The minimum absolute atomic E-state index is 0.00892. The Morgan fingerprint density at radius 2 is 1.57 bits per heavy atom. The van der Waals surface area contributed by atoms with Crippen LogP contribution in [0.3, 0.4) is 0 Å². The van der Waals surface area contributed by atoms with Crippen LogP contribution in [0.1, 0.15) is 52.4 Å². The summed E-state index contributed by atoms with van der Waals surface area (Å²) in [6, 6.07) is -1.92. The second-order valence-corrected chi connectivity index (χ2v) is 6.83. The molecule has 3 N–H and O–H groups in total. The van der Waals surface area contributed by atoms with Crippen molar-refractivity contribution in [3.8, 4) is 0 Å². The molecule has 172 valence electrons. The number of carbonyl (C=O) groups excluding carboxylic acids is 5. The van der Waals surface area contributed by atoms with Gasteiger partial charge in [-0.05, 0) is 19.8 Å². The number of ether oxygens (including phenoxy) is 2. The Bertz CT molecular complexity index is 586. The molecule has 0 aliphatic rings. The van der Waals surface area contributed by atoms with Gasteiger partial charge in [0.05, 0.1) is 13.7 Å². The first kappa shape index (κ1) is 27.7. The maximum Gasteiger partial charge on any atom is 0.328 e. The lowest BCUT2D eigenvalue weighted by Gasteiger charge is -2.18. The number of unbranched alkanes of at least 4 members (excludes halogenated alkanes) is 2. The van der Waals surface area contributed by atoms with Crippen molar-refractivity contribution >= 4 is 42.3 Å². The van der Waals surface area contributed by atoms with Crippen LogP contribution in [0.25, 0.3) is 0 Å². The fourth-order valence-corrected chi connectivity index (χ4v) is 2.68. The monoisotopic (exact) mass is 447 g/mol. The van der Waals surface area contributed by atoms with E-state index in [4.69, 9.17) is 4.74 Å². The zero-order valence-corrected chi connectivity index (χ0v) is 18.7. The third-order valence-electron chi connectivity index (χ3n) is 4.03. The summed E-state index contributed by atoms with van der Waals surface area (Å²) >= 11 is 4.03. The van der Waals surface area contributed by atoms with Crippen LogP contribution >= 0.6 is 12.6 Å². The highest BCUT2D eigenvalue weighted by Gasteiger charge is 2.24. The van der Waals surface area contributed by atoms with Gasteiger partial charge in [0, 0.05) is 18.6 Å². The summed E-state index contributed by atoms with van der Waals surface area (Å²) in [5, 5.41) is 7.42. The molecular weight excluding hydrogens is 414 g/mol. The minimum Gasteiger partial charge on any atom is -0.467 e. The molecular formula is C19H33N3O7S. The molecule has 0 aromatic heterocycles. The molecule has 0 radical (unpaired) electrons. The van der Waals surface area contributed by atoms with Gasteiger partial charge in [-0.3, -0.25) is 19.2 Å². The van der Waals surface area contributed by atoms with Crippen LogP contribution in [0.4, 0.5) is 0 Å². The average Bonchev–Trinajstić information content (AvgIpc) is 2.72. The molecule has 0 rings (SSSR count). The highest BCUT2D eigenvalue weighted by Crippen LogP contribution is 2.04. The van der Waals surface area contributed by atoms with Gasteiger partial charge in [-0.25, -0.2) is 4.79 Å². The normalized spacial score (nSPS) is 12.3. The molecule has 0 saturated heterocycles. The number of esters is 2. The van der Waals surface area contributed by atoms with Crippen LogP contribution in [-0.4, -0.2) is 67.8 Å². The topological polar surface area (TPSA) is 140 Å². The molecule has 0 aliphatic carbocycles. The number of hydrogen-bond acceptors (Lipinski definition) is 8. The van der Waals surface area contributed by atoms with Crippen LogP contribution in [-0.2, 0) is 33.4 Å².